The molecule has 0 unspecified atom stereocenters. The normalized spacial score (nSPS) is 15.4. The van der Waals surface area contributed by atoms with Crippen LogP contribution in [0.3, 0.4) is 0 Å². The molecule has 0 atom stereocenters. The number of carbonyl (C=O) groups is 3. The molecular weight excluding hydrogens is 408 g/mol. The SMILES string of the molecule is COc1cccc(Cn2nc(C(=O)NC3CC3)c3c2CCN(C(=O)C(=O)CC(C)C)C3)c1. The van der Waals surface area contributed by atoms with Gasteiger partial charge in [0.2, 0.25) is 5.78 Å². The Morgan fingerprint density at radius 1 is 1.25 bits per heavy atom. The summed E-state index contributed by atoms with van der Waals surface area (Å²) in [6.45, 7) is 4.99. The smallest absolute Gasteiger partial charge is 0.290 e. The Morgan fingerprint density at radius 2 is 2.03 bits per heavy atom. The van der Waals surface area contributed by atoms with Crippen molar-refractivity contribution in [1.29, 1.82) is 0 Å². The fourth-order valence-electron chi connectivity index (χ4n) is 4.04. The van der Waals surface area contributed by atoms with Crippen molar-refractivity contribution in [1.82, 2.24) is 20.0 Å². The van der Waals surface area contributed by atoms with E-state index in [-0.39, 0.29) is 36.6 Å². The zero-order valence-electron chi connectivity index (χ0n) is 18.9. The molecule has 0 bridgehead atoms. The largest absolute Gasteiger partial charge is 0.497 e. The Kier molecular flexibility index (Phi) is 6.30. The average molecular weight is 439 g/mol. The highest BCUT2D eigenvalue weighted by Crippen LogP contribution is 2.26. The molecule has 32 heavy (non-hydrogen) atoms. The minimum absolute atomic E-state index is 0.122. The molecule has 0 spiro atoms. The third-order valence-corrected chi connectivity index (χ3v) is 5.85. The van der Waals surface area contributed by atoms with Gasteiger partial charge in [-0.3, -0.25) is 19.1 Å². The van der Waals surface area contributed by atoms with E-state index in [0.29, 0.717) is 25.2 Å². The fourth-order valence-corrected chi connectivity index (χ4v) is 4.04. The standard InChI is InChI=1S/C24H30N4O4/c1-15(2)11-21(29)24(31)27-10-9-20-19(14-27)22(23(30)25-17-7-8-17)26-28(20)13-16-5-4-6-18(12-16)32-3/h4-6,12,15,17H,7-11,13-14H2,1-3H3,(H,25,30). The number of fused-ring (bicyclic) bond motifs is 1. The Hall–Kier alpha value is -3.16. The molecule has 1 aliphatic carbocycles. The minimum Gasteiger partial charge on any atom is -0.497 e. The Bertz CT molecular complexity index is 1040. The van der Waals surface area contributed by atoms with Crippen molar-refractivity contribution in [2.75, 3.05) is 13.7 Å². The molecule has 4 rings (SSSR count). The number of ether oxygens (including phenoxy) is 1. The number of nitrogens with one attached hydrogen (secondary N) is 1. The molecule has 1 aromatic carbocycles. The number of nitrogens with zero attached hydrogens (tertiary/aromatic N) is 3. The molecule has 2 aromatic rings. The van der Waals surface area contributed by atoms with Crippen molar-refractivity contribution in [2.45, 2.75) is 58.7 Å². The van der Waals surface area contributed by atoms with Gasteiger partial charge in [0.25, 0.3) is 11.8 Å². The zero-order chi connectivity index (χ0) is 22.8. The van der Waals surface area contributed by atoms with Crippen LogP contribution in [-0.2, 0) is 29.1 Å². The summed E-state index contributed by atoms with van der Waals surface area (Å²) in [7, 11) is 1.63. The van der Waals surface area contributed by atoms with Crippen molar-refractivity contribution in [3.8, 4) is 5.75 Å². The topological polar surface area (TPSA) is 93.5 Å². The summed E-state index contributed by atoms with van der Waals surface area (Å²) in [6.07, 6.45) is 2.73. The monoisotopic (exact) mass is 438 g/mol. The van der Waals surface area contributed by atoms with Crippen LogP contribution < -0.4 is 10.1 Å². The first-order chi connectivity index (χ1) is 15.4. The van der Waals surface area contributed by atoms with Crippen molar-refractivity contribution in [3.05, 3.63) is 46.8 Å². The number of hydrogen-bond acceptors (Lipinski definition) is 5. The van der Waals surface area contributed by atoms with E-state index in [4.69, 9.17) is 4.74 Å². The Balaban J connectivity index is 1.61. The molecule has 170 valence electrons. The summed E-state index contributed by atoms with van der Waals surface area (Å²) < 4.78 is 7.17. The summed E-state index contributed by atoms with van der Waals surface area (Å²) in [5.74, 6) is -0.182. The third-order valence-electron chi connectivity index (χ3n) is 5.85. The average Bonchev–Trinajstić information content (AvgIpc) is 3.52. The van der Waals surface area contributed by atoms with Crippen LogP contribution in [-0.4, -0.2) is 52.0 Å². The molecule has 2 heterocycles. The maximum absolute atomic E-state index is 12.9. The van der Waals surface area contributed by atoms with Gasteiger partial charge < -0.3 is 15.0 Å². The second-order valence-corrected chi connectivity index (χ2v) is 9.03. The lowest BCUT2D eigenvalue weighted by atomic mass is 10.0. The third kappa shape index (κ3) is 4.84. The number of benzene rings is 1. The van der Waals surface area contributed by atoms with Crippen molar-refractivity contribution < 1.29 is 19.1 Å². The first kappa shape index (κ1) is 22.0. The summed E-state index contributed by atoms with van der Waals surface area (Å²) >= 11 is 0. The highest BCUT2D eigenvalue weighted by molar-refractivity contribution is 6.36. The van der Waals surface area contributed by atoms with Gasteiger partial charge in [0.05, 0.1) is 20.2 Å². The van der Waals surface area contributed by atoms with E-state index in [1.54, 1.807) is 12.0 Å². The van der Waals surface area contributed by atoms with Crippen LogP contribution in [0, 0.1) is 5.92 Å². The minimum atomic E-state index is -0.474. The fraction of sp³-hybridized carbons (Fsp3) is 0.500. The molecule has 1 aliphatic heterocycles. The molecule has 0 saturated heterocycles. The number of methoxy groups -OCH3 is 1. The predicted molar refractivity (Wildman–Crippen MR) is 118 cm³/mol. The highest BCUT2D eigenvalue weighted by atomic mass is 16.5. The molecule has 1 fully saturated rings. The molecule has 1 aromatic heterocycles. The van der Waals surface area contributed by atoms with Crippen molar-refractivity contribution in [2.24, 2.45) is 5.92 Å². The van der Waals surface area contributed by atoms with Gasteiger partial charge in [-0.25, -0.2) is 0 Å². The van der Waals surface area contributed by atoms with Crippen LogP contribution in [0.4, 0.5) is 0 Å². The van der Waals surface area contributed by atoms with Crippen LogP contribution in [0.1, 0.15) is 60.4 Å². The molecule has 1 N–H and O–H groups in total. The summed E-state index contributed by atoms with van der Waals surface area (Å²) in [5.41, 5.74) is 3.04. The quantitative estimate of drug-likeness (QED) is 0.639. The summed E-state index contributed by atoms with van der Waals surface area (Å²) in [5, 5.41) is 7.65. The van der Waals surface area contributed by atoms with Crippen molar-refractivity contribution in [3.63, 3.8) is 0 Å². The van der Waals surface area contributed by atoms with Gasteiger partial charge in [-0.2, -0.15) is 5.10 Å². The lowest BCUT2D eigenvalue weighted by Crippen LogP contribution is -2.41. The van der Waals surface area contributed by atoms with E-state index in [2.05, 4.69) is 10.4 Å². The lowest BCUT2D eigenvalue weighted by molar-refractivity contribution is -0.145. The number of Topliss-reactive ketones (excluding diaryl/α,β-unsaturated/α-hetero) is 1. The number of amides is 2. The summed E-state index contributed by atoms with van der Waals surface area (Å²) in [6, 6.07) is 7.95. The molecule has 8 heteroatoms. The van der Waals surface area contributed by atoms with Gasteiger partial charge in [0.15, 0.2) is 5.69 Å². The number of ketones is 1. The molecule has 1 saturated carbocycles. The van der Waals surface area contributed by atoms with Crippen LogP contribution in [0.25, 0.3) is 0 Å². The van der Waals surface area contributed by atoms with Crippen LogP contribution in [0.5, 0.6) is 5.75 Å². The lowest BCUT2D eigenvalue weighted by Gasteiger charge is -2.27. The van der Waals surface area contributed by atoms with E-state index < -0.39 is 5.91 Å². The highest BCUT2D eigenvalue weighted by Gasteiger charge is 2.34. The molecular formula is C24H30N4O4. The number of aromatic nitrogens is 2. The summed E-state index contributed by atoms with van der Waals surface area (Å²) in [4.78, 5) is 39.5. The first-order valence-electron chi connectivity index (χ1n) is 11.2. The first-order valence-corrected chi connectivity index (χ1v) is 11.2. The second kappa shape index (κ2) is 9.14. The van der Waals surface area contributed by atoms with Gasteiger partial charge in [-0.1, -0.05) is 26.0 Å². The van der Waals surface area contributed by atoms with E-state index >= 15 is 0 Å². The van der Waals surface area contributed by atoms with Gasteiger partial charge in [-0.05, 0) is 36.5 Å². The van der Waals surface area contributed by atoms with E-state index in [1.807, 2.05) is 42.8 Å². The van der Waals surface area contributed by atoms with Crippen molar-refractivity contribution >= 4 is 17.6 Å². The molecule has 8 nitrogen and oxygen atoms in total. The van der Waals surface area contributed by atoms with Gasteiger partial charge in [-0.15, -0.1) is 0 Å². The van der Waals surface area contributed by atoms with Gasteiger partial charge in [0, 0.05) is 36.7 Å². The van der Waals surface area contributed by atoms with E-state index in [1.165, 1.54) is 0 Å². The zero-order valence-corrected chi connectivity index (χ0v) is 18.9. The van der Waals surface area contributed by atoms with Crippen LogP contribution in [0.2, 0.25) is 0 Å². The van der Waals surface area contributed by atoms with E-state index in [9.17, 15) is 14.4 Å². The maximum atomic E-state index is 12.9. The second-order valence-electron chi connectivity index (χ2n) is 9.03. The van der Waals surface area contributed by atoms with Crippen LogP contribution in [0.15, 0.2) is 24.3 Å². The predicted octanol–water partition coefficient (Wildman–Crippen LogP) is 2.33. The number of rotatable bonds is 8. The van der Waals surface area contributed by atoms with Gasteiger partial charge >= 0.3 is 0 Å². The number of carbonyl (C=O) groups excluding carboxylic acids is 3. The Morgan fingerprint density at radius 3 is 2.72 bits per heavy atom. The Labute approximate surface area is 187 Å². The molecule has 2 amide bonds. The van der Waals surface area contributed by atoms with Gasteiger partial charge in [0.1, 0.15) is 5.75 Å². The van der Waals surface area contributed by atoms with Crippen LogP contribution >= 0.6 is 0 Å². The van der Waals surface area contributed by atoms with E-state index in [0.717, 1.165) is 35.4 Å². The maximum Gasteiger partial charge on any atom is 0.290 e. The number of hydrogen-bond donors (Lipinski definition) is 1. The molecule has 2 aliphatic rings. The molecule has 0 radical (unpaired) electrons.